The molecule has 2 heterocycles. The van der Waals surface area contributed by atoms with Crippen LogP contribution < -0.4 is 14.4 Å². The summed E-state index contributed by atoms with van der Waals surface area (Å²) in [4.78, 5) is 32.6. The number of aromatic nitrogens is 2. The van der Waals surface area contributed by atoms with Crippen LogP contribution in [0.1, 0.15) is 33.0 Å². The van der Waals surface area contributed by atoms with Gasteiger partial charge in [-0.05, 0) is 67.6 Å². The fourth-order valence-corrected chi connectivity index (χ4v) is 5.32. The summed E-state index contributed by atoms with van der Waals surface area (Å²) in [6, 6.07) is 23.5. The second-order valence-electron chi connectivity index (χ2n) is 9.88. The number of fused-ring (bicyclic) bond motifs is 1. The van der Waals surface area contributed by atoms with Crippen molar-refractivity contribution >= 4 is 51.5 Å². The van der Waals surface area contributed by atoms with Crippen LogP contribution in [0.25, 0.3) is 10.9 Å². The molecule has 0 spiro atoms. The van der Waals surface area contributed by atoms with Crippen molar-refractivity contribution in [2.24, 2.45) is 7.05 Å². The van der Waals surface area contributed by atoms with Gasteiger partial charge in [0.1, 0.15) is 23.6 Å². The molecule has 42 heavy (non-hydrogen) atoms. The van der Waals surface area contributed by atoms with Gasteiger partial charge in [0.15, 0.2) is 0 Å². The first-order valence-electron chi connectivity index (χ1n) is 13.2. The Kier molecular flexibility index (Phi) is 8.52. The van der Waals surface area contributed by atoms with Gasteiger partial charge in [0.2, 0.25) is 11.7 Å². The van der Waals surface area contributed by atoms with Gasteiger partial charge in [0, 0.05) is 47.0 Å². The number of ketones is 1. The van der Waals surface area contributed by atoms with Crippen molar-refractivity contribution in [3.05, 3.63) is 117 Å². The highest BCUT2D eigenvalue weighted by Crippen LogP contribution is 2.35. The second kappa shape index (κ2) is 12.3. The smallest absolute Gasteiger partial charge is 0.232 e. The van der Waals surface area contributed by atoms with Gasteiger partial charge >= 0.3 is 0 Å². The van der Waals surface area contributed by atoms with Crippen molar-refractivity contribution in [2.45, 2.75) is 20.0 Å². The molecule has 0 saturated heterocycles. The minimum absolute atomic E-state index is 0.0642. The van der Waals surface area contributed by atoms with Gasteiger partial charge in [0.05, 0.1) is 29.9 Å². The van der Waals surface area contributed by atoms with Crippen molar-refractivity contribution < 1.29 is 19.1 Å². The summed E-state index contributed by atoms with van der Waals surface area (Å²) >= 11 is 13.3. The highest BCUT2D eigenvalue weighted by molar-refractivity contribution is 6.38. The van der Waals surface area contributed by atoms with E-state index in [4.69, 9.17) is 32.7 Å². The molecule has 0 bridgehead atoms. The summed E-state index contributed by atoms with van der Waals surface area (Å²) < 4.78 is 13.0. The maximum absolute atomic E-state index is 13.4. The number of rotatable bonds is 9. The minimum atomic E-state index is -0.204. The van der Waals surface area contributed by atoms with Gasteiger partial charge in [-0.1, -0.05) is 41.4 Å². The van der Waals surface area contributed by atoms with Crippen LogP contribution in [0.5, 0.6) is 11.5 Å². The van der Waals surface area contributed by atoms with Gasteiger partial charge in [0.25, 0.3) is 0 Å². The van der Waals surface area contributed by atoms with E-state index in [9.17, 15) is 9.59 Å². The second-order valence-corrected chi connectivity index (χ2v) is 10.7. The molecular weight excluding hydrogens is 573 g/mol. The molecule has 0 N–H and O–H groups in total. The van der Waals surface area contributed by atoms with E-state index in [1.807, 2.05) is 37.3 Å². The number of para-hydroxylation sites is 1. The number of carbonyl (C=O) groups is 2. The molecule has 9 heteroatoms. The number of pyridine rings is 1. The molecule has 0 fully saturated rings. The number of hydrogen-bond acceptors (Lipinski definition) is 5. The predicted molar refractivity (Wildman–Crippen MR) is 166 cm³/mol. The molecule has 5 aromatic rings. The lowest BCUT2D eigenvalue weighted by Crippen LogP contribution is -2.29. The fourth-order valence-electron chi connectivity index (χ4n) is 4.72. The highest BCUT2D eigenvalue weighted by atomic mass is 35.5. The largest absolute Gasteiger partial charge is 0.497 e. The van der Waals surface area contributed by atoms with E-state index in [0.29, 0.717) is 49.7 Å². The van der Waals surface area contributed by atoms with Gasteiger partial charge in [-0.3, -0.25) is 9.59 Å². The Hall–Kier alpha value is -4.33. The number of amides is 1. The van der Waals surface area contributed by atoms with Crippen LogP contribution in [0.3, 0.4) is 0 Å². The van der Waals surface area contributed by atoms with E-state index in [1.165, 1.54) is 4.90 Å². The fraction of sp³-hybridized carbons (Fsp3) is 0.182. The van der Waals surface area contributed by atoms with E-state index in [2.05, 4.69) is 4.98 Å². The number of carbonyl (C=O) groups excluding carboxylic acids is 2. The topological polar surface area (TPSA) is 73.7 Å². The van der Waals surface area contributed by atoms with Crippen LogP contribution in [-0.2, 0) is 24.9 Å². The first-order valence-corrected chi connectivity index (χ1v) is 14.0. The highest BCUT2D eigenvalue weighted by Gasteiger charge is 2.22. The van der Waals surface area contributed by atoms with Crippen LogP contribution in [0, 0.1) is 6.92 Å². The van der Waals surface area contributed by atoms with Crippen LogP contribution in [-0.4, -0.2) is 35.4 Å². The molecule has 5 rings (SSSR count). The Morgan fingerprint density at radius 2 is 1.71 bits per heavy atom. The van der Waals surface area contributed by atoms with E-state index in [1.54, 1.807) is 74.3 Å². The normalized spacial score (nSPS) is 11.0. The van der Waals surface area contributed by atoms with Crippen molar-refractivity contribution in [1.82, 2.24) is 9.55 Å². The Bertz CT molecular complexity index is 1800. The number of methoxy groups -OCH3 is 1. The molecule has 2 aromatic heterocycles. The number of likely N-dealkylation sites (N-methyl/N-ethyl adjacent to an activating group) is 1. The zero-order valence-electron chi connectivity index (χ0n) is 23.7. The lowest BCUT2D eigenvalue weighted by molar-refractivity contribution is -0.117. The molecular formula is C33H29Cl2N3O4. The average Bonchev–Trinajstić information content (AvgIpc) is 3.35. The number of anilines is 1. The molecule has 7 nitrogen and oxygen atoms in total. The third-order valence-electron chi connectivity index (χ3n) is 7.24. The number of aryl methyl sites for hydroxylation is 1. The summed E-state index contributed by atoms with van der Waals surface area (Å²) in [5.74, 6) is 0.935. The number of nitrogens with zero attached hydrogens (tertiary/aromatic N) is 3. The lowest BCUT2D eigenvalue weighted by Gasteiger charge is -2.21. The molecule has 0 unspecified atom stereocenters. The van der Waals surface area contributed by atoms with Crippen LogP contribution >= 0.6 is 23.2 Å². The third-order valence-corrected chi connectivity index (χ3v) is 8.01. The Labute approximate surface area is 254 Å². The van der Waals surface area contributed by atoms with E-state index in [0.717, 1.165) is 16.6 Å². The molecule has 214 valence electrons. The Balaban J connectivity index is 1.32. The average molecular weight is 603 g/mol. The van der Waals surface area contributed by atoms with Crippen molar-refractivity contribution in [1.29, 1.82) is 0 Å². The first kappa shape index (κ1) is 29.2. The number of benzene rings is 3. The summed E-state index contributed by atoms with van der Waals surface area (Å²) in [5, 5.41) is 1.71. The SMILES string of the molecule is COc1ccc(C(=O)c2ccc(CC(=O)N(C)c3ccc(Cl)c(COc4cccc5ccc(C)nc45)c3Cl)n2C)cc1. The van der Waals surface area contributed by atoms with Crippen molar-refractivity contribution in [3.8, 4) is 11.5 Å². The molecule has 0 aliphatic carbocycles. The number of halogens is 2. The third kappa shape index (κ3) is 5.84. The van der Waals surface area contributed by atoms with Crippen molar-refractivity contribution in [3.63, 3.8) is 0 Å². The molecule has 0 aliphatic heterocycles. The molecule has 0 saturated carbocycles. The lowest BCUT2D eigenvalue weighted by atomic mass is 10.1. The molecule has 0 aliphatic rings. The van der Waals surface area contributed by atoms with Gasteiger partial charge in [-0.2, -0.15) is 0 Å². The standard InChI is InChI=1S/C33H29Cl2N3O4/c1-20-8-9-21-6-5-7-29(32(21)36-20)42-19-25-26(34)15-17-27(31(25)35)38(3)30(39)18-23-12-16-28(37(23)2)33(40)22-10-13-24(41-4)14-11-22/h5-17H,18-19H2,1-4H3. The number of hydrogen-bond donors (Lipinski definition) is 0. The van der Waals surface area contributed by atoms with E-state index in [-0.39, 0.29) is 24.7 Å². The zero-order valence-corrected chi connectivity index (χ0v) is 25.2. The molecule has 0 radical (unpaired) electrons. The zero-order chi connectivity index (χ0) is 30.0. The maximum atomic E-state index is 13.4. The minimum Gasteiger partial charge on any atom is -0.497 e. The Morgan fingerprint density at radius 1 is 0.952 bits per heavy atom. The summed E-state index contributed by atoms with van der Waals surface area (Å²) in [6.45, 7) is 2.02. The molecule has 0 atom stereocenters. The van der Waals surface area contributed by atoms with Gasteiger partial charge < -0.3 is 18.9 Å². The number of ether oxygens (including phenoxy) is 2. The van der Waals surface area contributed by atoms with E-state index >= 15 is 0 Å². The van der Waals surface area contributed by atoms with Crippen LogP contribution in [0.2, 0.25) is 10.0 Å². The quantitative estimate of drug-likeness (QED) is 0.167. The maximum Gasteiger partial charge on any atom is 0.232 e. The van der Waals surface area contributed by atoms with Gasteiger partial charge in [-0.15, -0.1) is 0 Å². The Morgan fingerprint density at radius 3 is 2.45 bits per heavy atom. The molecule has 3 aromatic carbocycles. The van der Waals surface area contributed by atoms with Crippen LogP contribution in [0.15, 0.2) is 78.9 Å². The monoisotopic (exact) mass is 601 g/mol. The first-order chi connectivity index (χ1) is 20.2. The summed E-state index contributed by atoms with van der Waals surface area (Å²) in [5.41, 5.74) is 4.40. The predicted octanol–water partition coefficient (Wildman–Crippen LogP) is 7.21. The van der Waals surface area contributed by atoms with Crippen molar-refractivity contribution in [2.75, 3.05) is 19.1 Å². The summed E-state index contributed by atoms with van der Waals surface area (Å²) in [6.07, 6.45) is 0.0642. The van der Waals surface area contributed by atoms with E-state index < -0.39 is 0 Å². The molecule has 1 amide bonds. The van der Waals surface area contributed by atoms with Gasteiger partial charge in [-0.25, -0.2) is 4.98 Å². The van der Waals surface area contributed by atoms with Crippen LogP contribution in [0.4, 0.5) is 5.69 Å². The summed E-state index contributed by atoms with van der Waals surface area (Å²) in [7, 11) is 5.00.